The first-order valence-electron chi connectivity index (χ1n) is 9.23. The number of hydrogen-bond donors (Lipinski definition) is 0. The van der Waals surface area contributed by atoms with Crippen LogP contribution in [0.1, 0.15) is 33.9 Å². The van der Waals surface area contributed by atoms with E-state index < -0.39 is 0 Å². The molecule has 0 saturated heterocycles. The van der Waals surface area contributed by atoms with Gasteiger partial charge in [0, 0.05) is 25.5 Å². The van der Waals surface area contributed by atoms with Crippen LogP contribution in [0.4, 0.5) is 5.13 Å². The van der Waals surface area contributed by atoms with Crippen LogP contribution < -0.4 is 4.90 Å². The number of rotatable bonds is 6. The van der Waals surface area contributed by atoms with Gasteiger partial charge in [0.2, 0.25) is 0 Å². The van der Waals surface area contributed by atoms with Crippen LogP contribution in [0, 0.1) is 20.8 Å². The molecule has 1 amide bonds. The molecule has 0 radical (unpaired) electrons. The lowest BCUT2D eigenvalue weighted by atomic mass is 10.2. The number of imidazole rings is 1. The zero-order valence-corrected chi connectivity index (χ0v) is 17.0. The highest BCUT2D eigenvalue weighted by Gasteiger charge is 2.24. The predicted octanol–water partition coefficient (Wildman–Crippen LogP) is 4.75. The van der Waals surface area contributed by atoms with Crippen LogP contribution in [0.3, 0.4) is 0 Å². The number of amides is 1. The lowest BCUT2D eigenvalue weighted by Crippen LogP contribution is -2.32. The monoisotopic (exact) mass is 394 g/mol. The summed E-state index contributed by atoms with van der Waals surface area (Å²) in [6, 6.07) is 7.96. The van der Waals surface area contributed by atoms with Crippen molar-refractivity contribution < 1.29 is 9.21 Å². The Kier molecular flexibility index (Phi) is 5.00. The van der Waals surface area contributed by atoms with Gasteiger partial charge in [-0.15, -0.1) is 0 Å². The molecule has 3 heterocycles. The Morgan fingerprint density at radius 1 is 1.25 bits per heavy atom. The van der Waals surface area contributed by atoms with Gasteiger partial charge in [-0.05, 0) is 51.0 Å². The summed E-state index contributed by atoms with van der Waals surface area (Å²) < 4.78 is 8.68. The molecule has 7 heteroatoms. The van der Waals surface area contributed by atoms with Crippen LogP contribution in [0.25, 0.3) is 10.2 Å². The largest absolute Gasteiger partial charge is 0.466 e. The number of thiazole rings is 1. The van der Waals surface area contributed by atoms with E-state index in [9.17, 15) is 4.79 Å². The van der Waals surface area contributed by atoms with Gasteiger partial charge in [-0.2, -0.15) is 0 Å². The maximum atomic E-state index is 13.3. The van der Waals surface area contributed by atoms with Crippen molar-refractivity contribution in [3.8, 4) is 0 Å². The zero-order valence-electron chi connectivity index (χ0n) is 16.2. The van der Waals surface area contributed by atoms with E-state index in [2.05, 4.69) is 18.0 Å². The van der Waals surface area contributed by atoms with E-state index in [1.165, 1.54) is 5.56 Å². The quantitative estimate of drug-likeness (QED) is 0.473. The maximum Gasteiger partial charge on any atom is 0.263 e. The normalized spacial score (nSPS) is 11.2. The molecule has 28 heavy (non-hydrogen) atoms. The van der Waals surface area contributed by atoms with Gasteiger partial charge in [0.05, 0.1) is 22.1 Å². The Bertz CT molecular complexity index is 1110. The summed E-state index contributed by atoms with van der Waals surface area (Å²) in [5.41, 5.74) is 2.69. The molecule has 0 unspecified atom stereocenters. The summed E-state index contributed by atoms with van der Waals surface area (Å²) in [6.45, 7) is 7.10. The van der Waals surface area contributed by atoms with E-state index in [0.717, 1.165) is 34.1 Å². The van der Waals surface area contributed by atoms with E-state index in [0.29, 0.717) is 17.9 Å². The average molecular weight is 395 g/mol. The van der Waals surface area contributed by atoms with E-state index >= 15 is 0 Å². The minimum absolute atomic E-state index is 0.0734. The molecule has 0 aliphatic rings. The lowest BCUT2D eigenvalue weighted by molar-refractivity contribution is 0.0985. The minimum Gasteiger partial charge on any atom is -0.466 e. The number of aromatic nitrogens is 3. The topological polar surface area (TPSA) is 64.2 Å². The summed E-state index contributed by atoms with van der Waals surface area (Å²) in [5, 5.41) is 0.717. The van der Waals surface area contributed by atoms with Gasteiger partial charge in [-0.25, -0.2) is 9.97 Å². The van der Waals surface area contributed by atoms with Crippen molar-refractivity contribution in [2.45, 2.75) is 33.7 Å². The Balaban J connectivity index is 1.64. The third kappa shape index (κ3) is 3.71. The van der Waals surface area contributed by atoms with E-state index in [1.54, 1.807) is 34.8 Å². The summed E-state index contributed by atoms with van der Waals surface area (Å²) in [4.78, 5) is 23.9. The Hall–Kier alpha value is -2.93. The van der Waals surface area contributed by atoms with Crippen molar-refractivity contribution in [2.75, 3.05) is 11.4 Å². The molecular weight excluding hydrogens is 372 g/mol. The van der Waals surface area contributed by atoms with Gasteiger partial charge in [0.25, 0.3) is 5.91 Å². The second-order valence-corrected chi connectivity index (χ2v) is 7.91. The van der Waals surface area contributed by atoms with Crippen molar-refractivity contribution in [3.05, 3.63) is 65.6 Å². The summed E-state index contributed by atoms with van der Waals surface area (Å²) in [7, 11) is 0. The smallest absolute Gasteiger partial charge is 0.263 e. The second kappa shape index (κ2) is 7.59. The highest BCUT2D eigenvalue weighted by atomic mass is 32.1. The molecule has 0 spiro atoms. The van der Waals surface area contributed by atoms with Crippen LogP contribution in [-0.4, -0.2) is 27.0 Å². The molecule has 0 aliphatic carbocycles. The van der Waals surface area contributed by atoms with E-state index in [-0.39, 0.29) is 5.91 Å². The second-order valence-electron chi connectivity index (χ2n) is 6.91. The van der Waals surface area contributed by atoms with Gasteiger partial charge in [-0.1, -0.05) is 17.4 Å². The third-order valence-electron chi connectivity index (χ3n) is 4.64. The molecule has 3 aromatic heterocycles. The van der Waals surface area contributed by atoms with Gasteiger partial charge < -0.3 is 8.98 Å². The van der Waals surface area contributed by atoms with Crippen molar-refractivity contribution >= 4 is 32.6 Å². The first-order valence-corrected chi connectivity index (χ1v) is 10.0. The van der Waals surface area contributed by atoms with Gasteiger partial charge >= 0.3 is 0 Å². The number of aryl methyl sites for hydroxylation is 4. The summed E-state index contributed by atoms with van der Waals surface area (Å²) in [6.07, 6.45) is 6.27. The molecule has 4 aromatic rings. The van der Waals surface area contributed by atoms with Gasteiger partial charge in [0.15, 0.2) is 5.13 Å². The molecule has 6 nitrogen and oxygen atoms in total. The van der Waals surface area contributed by atoms with Gasteiger partial charge in [0.1, 0.15) is 11.5 Å². The average Bonchev–Trinajstić information content (AvgIpc) is 3.38. The molecule has 0 bridgehead atoms. The zero-order chi connectivity index (χ0) is 19.7. The van der Waals surface area contributed by atoms with Crippen LogP contribution >= 0.6 is 11.3 Å². The Morgan fingerprint density at radius 3 is 2.82 bits per heavy atom. The number of fused-ring (bicyclic) bond motifs is 1. The fraction of sp³-hybridized carbons (Fsp3) is 0.286. The molecular formula is C21H22N4O2S. The fourth-order valence-corrected chi connectivity index (χ4v) is 4.33. The molecule has 0 aliphatic heterocycles. The molecule has 0 atom stereocenters. The first kappa shape index (κ1) is 18.4. The van der Waals surface area contributed by atoms with Crippen molar-refractivity contribution in [1.82, 2.24) is 14.5 Å². The van der Waals surface area contributed by atoms with Crippen molar-refractivity contribution in [3.63, 3.8) is 0 Å². The van der Waals surface area contributed by atoms with E-state index in [1.807, 2.05) is 36.7 Å². The van der Waals surface area contributed by atoms with Crippen molar-refractivity contribution in [2.24, 2.45) is 0 Å². The highest BCUT2D eigenvalue weighted by molar-refractivity contribution is 7.22. The molecule has 0 saturated carbocycles. The summed E-state index contributed by atoms with van der Waals surface area (Å²) >= 11 is 1.55. The molecule has 144 valence electrons. The number of benzene rings is 1. The molecule has 0 N–H and O–H groups in total. The fourth-order valence-electron chi connectivity index (χ4n) is 3.24. The van der Waals surface area contributed by atoms with Gasteiger partial charge in [-0.3, -0.25) is 9.69 Å². The number of hydrogen-bond acceptors (Lipinski definition) is 5. The highest BCUT2D eigenvalue weighted by Crippen LogP contribution is 2.31. The van der Waals surface area contributed by atoms with E-state index in [4.69, 9.17) is 9.40 Å². The number of nitrogens with zero attached hydrogens (tertiary/aromatic N) is 4. The molecule has 0 fully saturated rings. The van der Waals surface area contributed by atoms with Crippen LogP contribution in [-0.2, 0) is 6.54 Å². The number of carbonyl (C=O) groups excluding carboxylic acids is 1. The van der Waals surface area contributed by atoms with Crippen LogP contribution in [0.15, 0.2) is 47.4 Å². The number of carbonyl (C=O) groups is 1. The number of furan rings is 1. The number of anilines is 1. The lowest BCUT2D eigenvalue weighted by Gasteiger charge is -2.19. The standard InChI is InChI=1S/C21H22N4O2S/c1-14-5-6-18-19(11-14)28-21(23-18)25(9-4-8-24-10-7-22-13-24)20(26)17-12-15(2)27-16(17)3/h5-7,10-13H,4,8-9H2,1-3H3. The Morgan fingerprint density at radius 2 is 2.11 bits per heavy atom. The van der Waals surface area contributed by atoms with Crippen molar-refractivity contribution in [1.29, 1.82) is 0 Å². The van der Waals surface area contributed by atoms with Crippen LogP contribution in [0.2, 0.25) is 0 Å². The first-order chi connectivity index (χ1) is 13.5. The van der Waals surface area contributed by atoms with Crippen LogP contribution in [0.5, 0.6) is 0 Å². The Labute approximate surface area is 167 Å². The molecule has 4 rings (SSSR count). The SMILES string of the molecule is Cc1ccc2nc(N(CCCn3ccnc3)C(=O)c3cc(C)oc3C)sc2c1. The molecule has 1 aromatic carbocycles. The summed E-state index contributed by atoms with van der Waals surface area (Å²) in [5.74, 6) is 1.30. The minimum atomic E-state index is -0.0734. The predicted molar refractivity (Wildman–Crippen MR) is 111 cm³/mol. The third-order valence-corrected chi connectivity index (χ3v) is 5.68. The maximum absolute atomic E-state index is 13.3.